The van der Waals surface area contributed by atoms with Gasteiger partial charge in [-0.25, -0.2) is 0 Å². The highest BCUT2D eigenvalue weighted by Crippen LogP contribution is 2.26. The van der Waals surface area contributed by atoms with Crippen molar-refractivity contribution in [1.29, 1.82) is 0 Å². The second-order valence-corrected chi connectivity index (χ2v) is 5.13. The van der Waals surface area contributed by atoms with Crippen LogP contribution in [0.4, 0.5) is 0 Å². The van der Waals surface area contributed by atoms with Gasteiger partial charge in [0.15, 0.2) is 0 Å². The summed E-state index contributed by atoms with van der Waals surface area (Å²) < 4.78 is 0. The fraction of sp³-hybridized carbons (Fsp3) is 0.462. The Hall–Kier alpha value is -1.49. The quantitative estimate of drug-likeness (QED) is 0.812. The smallest absolute Gasteiger partial charge is 0.253 e. The molecule has 5 heteroatoms. The van der Waals surface area contributed by atoms with Gasteiger partial charge >= 0.3 is 0 Å². The minimum Gasteiger partial charge on any atom is -0.393 e. The monoisotopic (exact) mass is 263 g/mol. The van der Waals surface area contributed by atoms with Gasteiger partial charge in [-0.05, 0) is 31.9 Å². The zero-order valence-corrected chi connectivity index (χ0v) is 11.2. The number of pyridine rings is 1. The maximum atomic E-state index is 12.2. The molecule has 2 atom stereocenters. The van der Waals surface area contributed by atoms with E-state index in [2.05, 4.69) is 10.3 Å². The fourth-order valence-corrected chi connectivity index (χ4v) is 2.73. The number of rotatable bonds is 3. The molecule has 0 radical (unpaired) electrons. The van der Waals surface area contributed by atoms with Crippen molar-refractivity contribution in [2.45, 2.75) is 32.2 Å². The van der Waals surface area contributed by atoms with E-state index in [1.54, 1.807) is 18.3 Å². The minimum absolute atomic E-state index is 0.0645. The Morgan fingerprint density at radius 3 is 3.00 bits per heavy atom. The fourth-order valence-electron chi connectivity index (χ4n) is 2.44. The molecule has 0 aromatic carbocycles. The van der Waals surface area contributed by atoms with E-state index in [1.807, 2.05) is 6.92 Å². The van der Waals surface area contributed by atoms with Gasteiger partial charge in [0, 0.05) is 23.9 Å². The van der Waals surface area contributed by atoms with E-state index in [-0.39, 0.29) is 17.9 Å². The molecule has 0 aliphatic heterocycles. The van der Waals surface area contributed by atoms with E-state index < -0.39 is 0 Å². The Labute approximate surface area is 112 Å². The van der Waals surface area contributed by atoms with Crippen molar-refractivity contribution in [2.75, 3.05) is 0 Å². The molecular weight excluding hydrogens is 246 g/mol. The van der Waals surface area contributed by atoms with Crippen LogP contribution in [0, 0.1) is 12.8 Å². The number of aryl methyl sites for hydroxylation is 1. The third-order valence-electron chi connectivity index (χ3n) is 3.45. The molecule has 0 bridgehead atoms. The van der Waals surface area contributed by atoms with Gasteiger partial charge in [-0.3, -0.25) is 9.78 Å². The molecule has 3 N–H and O–H groups in total. The SMILES string of the molecule is Cc1ncccc1C(=O)NC1CCCC1C(N)=S. The van der Waals surface area contributed by atoms with Gasteiger partial charge in [-0.1, -0.05) is 18.6 Å². The molecule has 18 heavy (non-hydrogen) atoms. The van der Waals surface area contributed by atoms with E-state index in [9.17, 15) is 4.79 Å². The lowest BCUT2D eigenvalue weighted by Crippen LogP contribution is -2.41. The van der Waals surface area contributed by atoms with Crippen LogP contribution >= 0.6 is 12.2 Å². The number of thiocarbonyl (C=S) groups is 1. The molecule has 1 aromatic heterocycles. The van der Waals surface area contributed by atoms with Crippen molar-refractivity contribution < 1.29 is 4.79 Å². The van der Waals surface area contributed by atoms with Gasteiger partial charge in [0.2, 0.25) is 0 Å². The first-order valence-corrected chi connectivity index (χ1v) is 6.52. The Bertz CT molecular complexity index is 475. The number of nitrogens with one attached hydrogen (secondary N) is 1. The molecule has 1 aliphatic carbocycles. The van der Waals surface area contributed by atoms with Crippen LogP contribution in [-0.4, -0.2) is 21.9 Å². The van der Waals surface area contributed by atoms with Gasteiger partial charge in [-0.2, -0.15) is 0 Å². The van der Waals surface area contributed by atoms with E-state index >= 15 is 0 Å². The molecule has 1 aromatic rings. The van der Waals surface area contributed by atoms with Crippen molar-refractivity contribution in [3.63, 3.8) is 0 Å². The summed E-state index contributed by atoms with van der Waals surface area (Å²) in [5.41, 5.74) is 7.05. The summed E-state index contributed by atoms with van der Waals surface area (Å²) >= 11 is 5.04. The van der Waals surface area contributed by atoms with Crippen molar-refractivity contribution in [3.8, 4) is 0 Å². The van der Waals surface area contributed by atoms with E-state index in [0.717, 1.165) is 25.0 Å². The highest BCUT2D eigenvalue weighted by molar-refractivity contribution is 7.80. The Morgan fingerprint density at radius 1 is 1.56 bits per heavy atom. The normalized spacial score (nSPS) is 22.7. The number of nitrogens with zero attached hydrogens (tertiary/aromatic N) is 1. The Morgan fingerprint density at radius 2 is 2.33 bits per heavy atom. The minimum atomic E-state index is -0.0891. The van der Waals surface area contributed by atoms with E-state index in [0.29, 0.717) is 10.6 Å². The Kier molecular flexibility index (Phi) is 3.91. The summed E-state index contributed by atoms with van der Waals surface area (Å²) in [4.78, 5) is 16.8. The molecule has 1 amide bonds. The van der Waals surface area contributed by atoms with E-state index in [4.69, 9.17) is 18.0 Å². The predicted molar refractivity (Wildman–Crippen MR) is 74.4 cm³/mol. The van der Waals surface area contributed by atoms with Gasteiger partial charge in [0.05, 0.1) is 10.6 Å². The van der Waals surface area contributed by atoms with Crippen molar-refractivity contribution in [3.05, 3.63) is 29.6 Å². The molecule has 4 nitrogen and oxygen atoms in total. The van der Waals surface area contributed by atoms with Crippen LogP contribution < -0.4 is 11.1 Å². The molecule has 1 aliphatic rings. The second-order valence-electron chi connectivity index (χ2n) is 4.66. The molecule has 2 unspecified atom stereocenters. The predicted octanol–water partition coefficient (Wildman–Crippen LogP) is 1.57. The number of carbonyl (C=O) groups excluding carboxylic acids is 1. The first-order valence-electron chi connectivity index (χ1n) is 6.11. The summed E-state index contributed by atoms with van der Waals surface area (Å²) in [6, 6.07) is 3.61. The molecule has 1 saturated carbocycles. The number of amides is 1. The van der Waals surface area contributed by atoms with Crippen molar-refractivity contribution >= 4 is 23.1 Å². The summed E-state index contributed by atoms with van der Waals surface area (Å²) in [5, 5.41) is 3.02. The van der Waals surface area contributed by atoms with Gasteiger partial charge in [0.1, 0.15) is 0 Å². The lowest BCUT2D eigenvalue weighted by Gasteiger charge is -2.20. The number of nitrogens with two attached hydrogens (primary N) is 1. The van der Waals surface area contributed by atoms with Gasteiger partial charge in [-0.15, -0.1) is 0 Å². The lowest BCUT2D eigenvalue weighted by atomic mass is 10.0. The number of carbonyl (C=O) groups is 1. The highest BCUT2D eigenvalue weighted by Gasteiger charge is 2.30. The van der Waals surface area contributed by atoms with Crippen LogP contribution in [0.25, 0.3) is 0 Å². The topological polar surface area (TPSA) is 68.0 Å². The number of aromatic nitrogens is 1. The largest absolute Gasteiger partial charge is 0.393 e. The van der Waals surface area contributed by atoms with Crippen LogP contribution in [0.5, 0.6) is 0 Å². The number of hydrogen-bond donors (Lipinski definition) is 2. The highest BCUT2D eigenvalue weighted by atomic mass is 32.1. The van der Waals surface area contributed by atoms with Crippen molar-refractivity contribution in [1.82, 2.24) is 10.3 Å². The van der Waals surface area contributed by atoms with Crippen LogP contribution in [0.15, 0.2) is 18.3 Å². The average Bonchev–Trinajstić information content (AvgIpc) is 2.77. The zero-order valence-electron chi connectivity index (χ0n) is 10.3. The van der Waals surface area contributed by atoms with Crippen LogP contribution in [0.1, 0.15) is 35.3 Å². The maximum Gasteiger partial charge on any atom is 0.253 e. The van der Waals surface area contributed by atoms with Gasteiger partial charge in [0.25, 0.3) is 5.91 Å². The Balaban J connectivity index is 2.08. The summed E-state index contributed by atoms with van der Waals surface area (Å²) in [7, 11) is 0. The summed E-state index contributed by atoms with van der Waals surface area (Å²) in [5.74, 6) is 0.0367. The molecule has 96 valence electrons. The maximum absolute atomic E-state index is 12.2. The standard InChI is InChI=1S/C13H17N3OS/c1-8-9(5-3-7-15-8)13(17)16-11-6-2-4-10(11)12(14)18/h3,5,7,10-11H,2,4,6H2,1H3,(H2,14,18)(H,16,17). The molecule has 1 fully saturated rings. The van der Waals surface area contributed by atoms with Crippen LogP contribution in [-0.2, 0) is 0 Å². The molecule has 0 saturated heterocycles. The summed E-state index contributed by atoms with van der Waals surface area (Å²) in [6.45, 7) is 1.83. The van der Waals surface area contributed by atoms with E-state index in [1.165, 1.54) is 0 Å². The van der Waals surface area contributed by atoms with Crippen molar-refractivity contribution in [2.24, 2.45) is 11.7 Å². The third-order valence-corrected chi connectivity index (χ3v) is 3.75. The average molecular weight is 263 g/mol. The summed E-state index contributed by atoms with van der Waals surface area (Å²) in [6.07, 6.45) is 4.64. The molecular formula is C13H17N3OS. The third kappa shape index (κ3) is 2.67. The second kappa shape index (κ2) is 5.44. The van der Waals surface area contributed by atoms with Gasteiger partial charge < -0.3 is 11.1 Å². The first kappa shape index (κ1) is 13.0. The number of hydrogen-bond acceptors (Lipinski definition) is 3. The molecule has 0 spiro atoms. The molecule has 2 rings (SSSR count). The zero-order chi connectivity index (χ0) is 13.1. The van der Waals surface area contributed by atoms with Crippen LogP contribution in [0.3, 0.4) is 0 Å². The lowest BCUT2D eigenvalue weighted by molar-refractivity contribution is 0.0933. The first-order chi connectivity index (χ1) is 8.59. The molecule has 1 heterocycles. The van der Waals surface area contributed by atoms with Crippen LogP contribution in [0.2, 0.25) is 0 Å².